The Bertz CT molecular complexity index is 1360. The molecule has 34 heavy (non-hydrogen) atoms. The second kappa shape index (κ2) is 9.07. The molecule has 9 nitrogen and oxygen atoms in total. The lowest BCUT2D eigenvalue weighted by Crippen LogP contribution is -2.44. The third kappa shape index (κ3) is 4.48. The number of benzene rings is 1. The highest BCUT2D eigenvalue weighted by Gasteiger charge is 2.23. The Morgan fingerprint density at radius 1 is 1.06 bits per heavy atom. The van der Waals surface area contributed by atoms with Crippen LogP contribution < -0.4 is 10.4 Å². The molecule has 0 saturated carbocycles. The fourth-order valence-corrected chi connectivity index (χ4v) is 4.51. The van der Waals surface area contributed by atoms with Crippen LogP contribution in [0.5, 0.6) is 5.75 Å². The molecule has 1 saturated heterocycles. The summed E-state index contributed by atoms with van der Waals surface area (Å²) in [5.74, 6) is 0.0530. The van der Waals surface area contributed by atoms with E-state index < -0.39 is 6.61 Å². The Labute approximate surface area is 193 Å². The number of alkyl halides is 2. The first-order valence-corrected chi connectivity index (χ1v) is 11.0. The lowest BCUT2D eigenvalue weighted by atomic mass is 10.1. The van der Waals surface area contributed by atoms with Crippen molar-refractivity contribution in [2.75, 3.05) is 13.1 Å². The number of pyridine rings is 1. The topological polar surface area (TPSA) is 86.8 Å². The molecule has 11 heteroatoms. The van der Waals surface area contributed by atoms with Crippen molar-refractivity contribution in [3.8, 4) is 5.75 Å². The zero-order valence-corrected chi connectivity index (χ0v) is 18.8. The van der Waals surface area contributed by atoms with E-state index in [0.717, 1.165) is 24.2 Å². The summed E-state index contributed by atoms with van der Waals surface area (Å²) in [7, 11) is 0. The molecule has 0 N–H and O–H groups in total. The number of fused-ring (bicyclic) bond motifs is 3. The molecule has 0 spiro atoms. The van der Waals surface area contributed by atoms with Crippen molar-refractivity contribution in [1.82, 2.24) is 29.0 Å². The van der Waals surface area contributed by atoms with Gasteiger partial charge in [-0.3, -0.25) is 9.47 Å². The van der Waals surface area contributed by atoms with Crippen molar-refractivity contribution >= 4 is 16.7 Å². The summed E-state index contributed by atoms with van der Waals surface area (Å²) in [4.78, 5) is 24.4. The minimum atomic E-state index is -2.89. The van der Waals surface area contributed by atoms with E-state index in [2.05, 4.69) is 38.6 Å². The highest BCUT2D eigenvalue weighted by molar-refractivity contribution is 5.89. The molecule has 2 atom stereocenters. The molecule has 0 aliphatic carbocycles. The molecule has 3 aromatic heterocycles. The SMILES string of the molecule is CC1CN(Cc2cnc3c(c2)c2ncnn2c(=O)n3Cc2ccc(OC(F)F)cc2)CC(C)O1. The first kappa shape index (κ1) is 22.4. The van der Waals surface area contributed by atoms with Crippen molar-refractivity contribution in [2.24, 2.45) is 0 Å². The number of morpholine rings is 1. The maximum absolute atomic E-state index is 13.1. The van der Waals surface area contributed by atoms with Crippen LogP contribution in [0.25, 0.3) is 16.7 Å². The van der Waals surface area contributed by atoms with E-state index in [4.69, 9.17) is 4.74 Å². The van der Waals surface area contributed by atoms with E-state index in [0.29, 0.717) is 23.2 Å². The molecule has 5 rings (SSSR count). The first-order chi connectivity index (χ1) is 16.4. The fraction of sp³-hybridized carbons (Fsp3) is 0.391. The fourth-order valence-electron chi connectivity index (χ4n) is 4.51. The van der Waals surface area contributed by atoms with Gasteiger partial charge in [0.2, 0.25) is 0 Å². The first-order valence-electron chi connectivity index (χ1n) is 11.0. The average Bonchev–Trinajstić information content (AvgIpc) is 3.27. The molecule has 1 aliphatic heterocycles. The summed E-state index contributed by atoms with van der Waals surface area (Å²) in [6.07, 6.45) is 3.43. The highest BCUT2D eigenvalue weighted by Crippen LogP contribution is 2.21. The Kier molecular flexibility index (Phi) is 5.96. The van der Waals surface area contributed by atoms with Crippen LogP contribution in [0.4, 0.5) is 8.78 Å². The average molecular weight is 470 g/mol. The Morgan fingerprint density at radius 2 is 1.79 bits per heavy atom. The monoisotopic (exact) mass is 470 g/mol. The van der Waals surface area contributed by atoms with Gasteiger partial charge in [0.1, 0.15) is 17.7 Å². The second-order valence-corrected chi connectivity index (χ2v) is 8.55. The minimum Gasteiger partial charge on any atom is -0.435 e. The number of aromatic nitrogens is 5. The van der Waals surface area contributed by atoms with Gasteiger partial charge in [-0.1, -0.05) is 12.1 Å². The molecule has 4 heterocycles. The van der Waals surface area contributed by atoms with E-state index in [-0.39, 0.29) is 30.2 Å². The van der Waals surface area contributed by atoms with Crippen molar-refractivity contribution in [2.45, 2.75) is 45.8 Å². The largest absolute Gasteiger partial charge is 0.435 e. The van der Waals surface area contributed by atoms with Crippen LogP contribution in [-0.2, 0) is 17.8 Å². The van der Waals surface area contributed by atoms with Gasteiger partial charge in [0.25, 0.3) is 0 Å². The van der Waals surface area contributed by atoms with Crippen LogP contribution in [0.2, 0.25) is 0 Å². The summed E-state index contributed by atoms with van der Waals surface area (Å²) in [6.45, 7) is 3.77. The van der Waals surface area contributed by atoms with Gasteiger partial charge < -0.3 is 9.47 Å². The third-order valence-electron chi connectivity index (χ3n) is 5.77. The molecule has 0 radical (unpaired) electrons. The Hall–Kier alpha value is -3.44. The minimum absolute atomic E-state index is 0.0530. The van der Waals surface area contributed by atoms with Gasteiger partial charge in [0.05, 0.1) is 24.1 Å². The van der Waals surface area contributed by atoms with Crippen LogP contribution in [-0.4, -0.2) is 61.0 Å². The van der Waals surface area contributed by atoms with E-state index in [1.54, 1.807) is 18.3 Å². The van der Waals surface area contributed by atoms with Crippen molar-refractivity contribution in [3.05, 3.63) is 64.5 Å². The van der Waals surface area contributed by atoms with Gasteiger partial charge in [-0.2, -0.15) is 18.4 Å². The van der Waals surface area contributed by atoms with Crippen LogP contribution in [0, 0.1) is 0 Å². The highest BCUT2D eigenvalue weighted by atomic mass is 19.3. The summed E-state index contributed by atoms with van der Waals surface area (Å²) in [6, 6.07) is 8.15. The van der Waals surface area contributed by atoms with Gasteiger partial charge in [-0.05, 0) is 43.2 Å². The van der Waals surface area contributed by atoms with Crippen molar-refractivity contribution in [1.29, 1.82) is 0 Å². The smallest absolute Gasteiger partial charge is 0.387 e. The normalized spacial score (nSPS) is 19.3. The Morgan fingerprint density at radius 3 is 2.50 bits per heavy atom. The number of halogens is 2. The number of hydrogen-bond acceptors (Lipinski definition) is 7. The van der Waals surface area contributed by atoms with Crippen LogP contribution in [0.15, 0.2) is 47.7 Å². The molecule has 1 aliphatic rings. The molecule has 0 bridgehead atoms. The zero-order valence-electron chi connectivity index (χ0n) is 18.8. The number of nitrogens with zero attached hydrogens (tertiary/aromatic N) is 6. The van der Waals surface area contributed by atoms with Crippen LogP contribution in [0.1, 0.15) is 25.0 Å². The van der Waals surface area contributed by atoms with E-state index in [1.165, 1.54) is 27.5 Å². The molecule has 2 unspecified atom stereocenters. The molecule has 4 aromatic rings. The third-order valence-corrected chi connectivity index (χ3v) is 5.77. The maximum atomic E-state index is 13.1. The summed E-state index contributed by atoms with van der Waals surface area (Å²) >= 11 is 0. The number of rotatable bonds is 6. The predicted octanol–water partition coefficient (Wildman–Crippen LogP) is 2.70. The summed E-state index contributed by atoms with van der Waals surface area (Å²) in [5.41, 5.74) is 2.26. The molecule has 0 amide bonds. The van der Waals surface area contributed by atoms with Crippen LogP contribution in [0.3, 0.4) is 0 Å². The molecule has 178 valence electrons. The van der Waals surface area contributed by atoms with Crippen LogP contribution >= 0.6 is 0 Å². The van der Waals surface area contributed by atoms with Gasteiger partial charge in [0.15, 0.2) is 5.65 Å². The molecular formula is C23H24F2N6O3. The Balaban J connectivity index is 1.50. The summed E-state index contributed by atoms with van der Waals surface area (Å²) in [5, 5.41) is 4.81. The molecular weight excluding hydrogens is 446 g/mol. The van der Waals surface area contributed by atoms with Gasteiger partial charge in [-0.25, -0.2) is 14.8 Å². The van der Waals surface area contributed by atoms with Gasteiger partial charge in [-0.15, -0.1) is 0 Å². The van der Waals surface area contributed by atoms with E-state index in [9.17, 15) is 13.6 Å². The molecule has 1 fully saturated rings. The number of ether oxygens (including phenoxy) is 2. The standard InChI is InChI=1S/C23H24F2N6O3/c1-14-9-29(10-15(2)33-14)11-17-7-19-20(26-8-17)30(23(32)31-21(19)27-13-28-31)12-16-3-5-18(6-4-16)34-22(24)25/h3-8,13-15,22H,9-12H2,1-2H3. The van der Waals surface area contributed by atoms with E-state index in [1.807, 2.05) is 6.07 Å². The van der Waals surface area contributed by atoms with E-state index >= 15 is 0 Å². The van der Waals surface area contributed by atoms with Gasteiger partial charge >= 0.3 is 12.3 Å². The second-order valence-electron chi connectivity index (χ2n) is 8.55. The van der Waals surface area contributed by atoms with Crippen molar-refractivity contribution < 1.29 is 18.3 Å². The van der Waals surface area contributed by atoms with Gasteiger partial charge in [0, 0.05) is 25.8 Å². The van der Waals surface area contributed by atoms with Crippen molar-refractivity contribution in [3.63, 3.8) is 0 Å². The quantitative estimate of drug-likeness (QED) is 0.428. The lowest BCUT2D eigenvalue weighted by molar-refractivity contribution is -0.0705. The number of hydrogen-bond donors (Lipinski definition) is 0. The predicted molar refractivity (Wildman–Crippen MR) is 120 cm³/mol. The molecule has 1 aromatic carbocycles. The summed E-state index contributed by atoms with van der Waals surface area (Å²) < 4.78 is 37.8. The maximum Gasteiger partial charge on any atom is 0.387 e. The lowest BCUT2D eigenvalue weighted by Gasteiger charge is -2.35. The zero-order chi connectivity index (χ0) is 23.8.